The molecule has 0 aliphatic heterocycles. The smallest absolute Gasteiger partial charge is 0.129 e. The maximum absolute atomic E-state index is 14.1. The third-order valence-electron chi connectivity index (χ3n) is 3.37. The van der Waals surface area contributed by atoms with Crippen molar-refractivity contribution >= 4 is 11.8 Å². The molecule has 0 bridgehead atoms. The molecule has 2 unspecified atom stereocenters. The summed E-state index contributed by atoms with van der Waals surface area (Å²) in [5, 5.41) is 3.38. The first-order valence-electron chi connectivity index (χ1n) is 7.24. The minimum Gasteiger partial charge on any atom is -0.310 e. The molecule has 0 spiro atoms. The van der Waals surface area contributed by atoms with E-state index < -0.39 is 0 Å². The summed E-state index contributed by atoms with van der Waals surface area (Å²) in [5.74, 6) is 1.62. The molecule has 0 radical (unpaired) electrons. The van der Waals surface area contributed by atoms with E-state index in [1.54, 1.807) is 17.8 Å². The van der Waals surface area contributed by atoms with E-state index in [0.717, 1.165) is 29.2 Å². The predicted octanol–water partition coefficient (Wildman–Crippen LogP) is 5.02. The van der Waals surface area contributed by atoms with Crippen molar-refractivity contribution in [3.63, 3.8) is 0 Å². The van der Waals surface area contributed by atoms with Crippen LogP contribution in [0.2, 0.25) is 0 Å². The largest absolute Gasteiger partial charge is 0.310 e. The van der Waals surface area contributed by atoms with Gasteiger partial charge in [-0.2, -0.15) is 0 Å². The summed E-state index contributed by atoms with van der Waals surface area (Å²) in [4.78, 5) is 1.08. The fourth-order valence-corrected chi connectivity index (χ4v) is 3.18. The molecule has 0 saturated heterocycles. The molecule has 0 aromatic heterocycles. The molecule has 3 heteroatoms. The van der Waals surface area contributed by atoms with Crippen molar-refractivity contribution in [1.29, 1.82) is 0 Å². The van der Waals surface area contributed by atoms with Crippen molar-refractivity contribution in [2.24, 2.45) is 5.92 Å². The SMILES string of the molecule is CCCNC(C)c1c(F)cccc1SCC(C)CC. The molecule has 0 aliphatic rings. The van der Waals surface area contributed by atoms with Crippen molar-refractivity contribution in [2.75, 3.05) is 12.3 Å². The van der Waals surface area contributed by atoms with Gasteiger partial charge in [-0.15, -0.1) is 11.8 Å². The van der Waals surface area contributed by atoms with Crippen LogP contribution in [0.15, 0.2) is 23.1 Å². The van der Waals surface area contributed by atoms with Crippen LogP contribution < -0.4 is 5.32 Å². The maximum atomic E-state index is 14.1. The van der Waals surface area contributed by atoms with E-state index in [4.69, 9.17) is 0 Å². The van der Waals surface area contributed by atoms with Gasteiger partial charge in [-0.25, -0.2) is 4.39 Å². The Morgan fingerprint density at radius 1 is 1.26 bits per heavy atom. The Morgan fingerprint density at radius 3 is 2.63 bits per heavy atom. The molecular formula is C16H26FNS. The van der Waals surface area contributed by atoms with Gasteiger partial charge < -0.3 is 5.32 Å². The minimum atomic E-state index is -0.0924. The van der Waals surface area contributed by atoms with Gasteiger partial charge in [0.25, 0.3) is 0 Å². The minimum absolute atomic E-state index is 0.0700. The molecule has 0 saturated carbocycles. The molecule has 1 aromatic rings. The molecule has 0 amide bonds. The summed E-state index contributed by atoms with van der Waals surface area (Å²) in [6, 6.07) is 5.48. The Hall–Kier alpha value is -0.540. The Bertz CT molecular complexity index is 381. The van der Waals surface area contributed by atoms with Crippen LogP contribution in [0, 0.1) is 11.7 Å². The van der Waals surface area contributed by atoms with Gasteiger partial charge in [-0.1, -0.05) is 33.3 Å². The van der Waals surface area contributed by atoms with Gasteiger partial charge in [0.05, 0.1) is 0 Å². The average Bonchev–Trinajstić information content (AvgIpc) is 2.42. The first-order chi connectivity index (χ1) is 9.10. The summed E-state index contributed by atoms with van der Waals surface area (Å²) in [5.41, 5.74) is 0.823. The average molecular weight is 283 g/mol. The highest BCUT2D eigenvalue weighted by molar-refractivity contribution is 7.99. The highest BCUT2D eigenvalue weighted by Gasteiger charge is 2.15. The molecule has 1 nitrogen and oxygen atoms in total. The number of rotatable bonds is 8. The maximum Gasteiger partial charge on any atom is 0.129 e. The quantitative estimate of drug-likeness (QED) is 0.672. The van der Waals surface area contributed by atoms with Gasteiger partial charge in [-0.05, 0) is 37.9 Å². The summed E-state index contributed by atoms with van der Waals surface area (Å²) in [6.07, 6.45) is 2.23. The monoisotopic (exact) mass is 283 g/mol. The Morgan fingerprint density at radius 2 is 2.00 bits per heavy atom. The molecule has 2 atom stereocenters. The van der Waals surface area contributed by atoms with E-state index in [1.807, 2.05) is 19.1 Å². The third-order valence-corrected chi connectivity index (χ3v) is 4.77. The zero-order valence-electron chi connectivity index (χ0n) is 12.5. The van der Waals surface area contributed by atoms with E-state index in [1.165, 1.54) is 6.42 Å². The second-order valence-corrected chi connectivity index (χ2v) is 6.21. The van der Waals surface area contributed by atoms with Crippen molar-refractivity contribution in [3.05, 3.63) is 29.6 Å². The molecule has 19 heavy (non-hydrogen) atoms. The van der Waals surface area contributed by atoms with E-state index in [2.05, 4.69) is 26.1 Å². The standard InChI is InChI=1S/C16H26FNS/c1-5-10-18-13(4)16-14(17)8-7-9-15(16)19-11-12(3)6-2/h7-9,12-13,18H,5-6,10-11H2,1-4H3. The highest BCUT2D eigenvalue weighted by atomic mass is 32.2. The zero-order valence-corrected chi connectivity index (χ0v) is 13.3. The lowest BCUT2D eigenvalue weighted by molar-refractivity contribution is 0.518. The number of hydrogen-bond acceptors (Lipinski definition) is 2. The number of thioether (sulfide) groups is 1. The second-order valence-electron chi connectivity index (χ2n) is 5.15. The third kappa shape index (κ3) is 5.15. The summed E-state index contributed by atoms with van der Waals surface area (Å²) >= 11 is 1.78. The van der Waals surface area contributed by atoms with Crippen molar-refractivity contribution in [1.82, 2.24) is 5.32 Å². The topological polar surface area (TPSA) is 12.0 Å². The predicted molar refractivity (Wildman–Crippen MR) is 83.3 cm³/mol. The van der Waals surface area contributed by atoms with Crippen LogP contribution in [0.5, 0.6) is 0 Å². The molecule has 108 valence electrons. The molecule has 1 aromatic carbocycles. The van der Waals surface area contributed by atoms with Crippen LogP contribution in [0.4, 0.5) is 4.39 Å². The van der Waals surface area contributed by atoms with Gasteiger partial charge in [0, 0.05) is 22.3 Å². The van der Waals surface area contributed by atoms with Gasteiger partial charge in [0.2, 0.25) is 0 Å². The lowest BCUT2D eigenvalue weighted by Crippen LogP contribution is -2.21. The van der Waals surface area contributed by atoms with E-state index in [-0.39, 0.29) is 11.9 Å². The number of hydrogen-bond donors (Lipinski definition) is 1. The van der Waals surface area contributed by atoms with E-state index in [9.17, 15) is 4.39 Å². The lowest BCUT2D eigenvalue weighted by atomic mass is 10.1. The first kappa shape index (κ1) is 16.5. The molecule has 0 aliphatic carbocycles. The van der Waals surface area contributed by atoms with Gasteiger partial charge >= 0.3 is 0 Å². The van der Waals surface area contributed by atoms with Crippen LogP contribution in [0.1, 0.15) is 52.1 Å². The zero-order chi connectivity index (χ0) is 14.3. The molecular weight excluding hydrogens is 257 g/mol. The molecule has 0 fully saturated rings. The van der Waals surface area contributed by atoms with Gasteiger partial charge in [0.1, 0.15) is 5.82 Å². The van der Waals surface area contributed by atoms with Crippen molar-refractivity contribution < 1.29 is 4.39 Å². The van der Waals surface area contributed by atoms with E-state index in [0.29, 0.717) is 5.92 Å². The van der Waals surface area contributed by atoms with Crippen molar-refractivity contribution in [2.45, 2.75) is 51.5 Å². The number of nitrogens with one attached hydrogen (secondary N) is 1. The Kier molecular flexibility index (Phi) is 7.47. The van der Waals surface area contributed by atoms with Crippen LogP contribution in [-0.2, 0) is 0 Å². The fraction of sp³-hybridized carbons (Fsp3) is 0.625. The first-order valence-corrected chi connectivity index (χ1v) is 8.23. The normalized spacial score (nSPS) is 14.4. The lowest BCUT2D eigenvalue weighted by Gasteiger charge is -2.19. The summed E-state index contributed by atoms with van der Waals surface area (Å²) < 4.78 is 14.1. The molecule has 1 rings (SSSR count). The van der Waals surface area contributed by atoms with Crippen LogP contribution in [-0.4, -0.2) is 12.3 Å². The van der Waals surface area contributed by atoms with Gasteiger partial charge in [-0.3, -0.25) is 0 Å². The highest BCUT2D eigenvalue weighted by Crippen LogP contribution is 2.31. The Labute approximate surface area is 121 Å². The van der Waals surface area contributed by atoms with Crippen LogP contribution in [0.25, 0.3) is 0 Å². The van der Waals surface area contributed by atoms with Crippen LogP contribution >= 0.6 is 11.8 Å². The second kappa shape index (κ2) is 8.60. The molecule has 0 heterocycles. The molecule has 1 N–H and O–H groups in total. The number of halogens is 1. The summed E-state index contributed by atoms with van der Waals surface area (Å²) in [6.45, 7) is 9.53. The fourth-order valence-electron chi connectivity index (χ4n) is 1.88. The number of benzene rings is 1. The van der Waals surface area contributed by atoms with Crippen LogP contribution in [0.3, 0.4) is 0 Å². The van der Waals surface area contributed by atoms with E-state index >= 15 is 0 Å². The van der Waals surface area contributed by atoms with Gasteiger partial charge in [0.15, 0.2) is 0 Å². The van der Waals surface area contributed by atoms with Crippen molar-refractivity contribution in [3.8, 4) is 0 Å². The Balaban J connectivity index is 2.82. The summed E-state index contributed by atoms with van der Waals surface area (Å²) in [7, 11) is 0.